The lowest BCUT2D eigenvalue weighted by atomic mass is 10.0. The van der Waals surface area contributed by atoms with Crippen LogP contribution in [0.2, 0.25) is 0 Å². The van der Waals surface area contributed by atoms with Crippen LogP contribution in [-0.4, -0.2) is 43.1 Å². The second-order valence-electron chi connectivity index (χ2n) is 7.72. The van der Waals surface area contributed by atoms with Crippen molar-refractivity contribution in [3.05, 3.63) is 59.7 Å². The molecule has 1 heterocycles. The van der Waals surface area contributed by atoms with Gasteiger partial charge in [0.2, 0.25) is 6.79 Å². The van der Waals surface area contributed by atoms with Crippen LogP contribution in [0.25, 0.3) is 0 Å². The van der Waals surface area contributed by atoms with Gasteiger partial charge in [0, 0.05) is 11.1 Å². The largest absolute Gasteiger partial charge is 0.504 e. The molecule has 0 unspecified atom stereocenters. The molecule has 0 bridgehead atoms. The fourth-order valence-corrected chi connectivity index (χ4v) is 3.27. The highest BCUT2D eigenvalue weighted by Gasteiger charge is 2.25. The number of nitrogens with one attached hydrogen (secondary N) is 2. The van der Waals surface area contributed by atoms with Crippen LogP contribution < -0.4 is 25.0 Å². The molecule has 2 aromatic carbocycles. The molecule has 0 radical (unpaired) electrons. The minimum absolute atomic E-state index is 0.0321. The van der Waals surface area contributed by atoms with E-state index in [0.29, 0.717) is 34.6 Å². The number of carbonyl (C=O) groups excluding carboxylic acids is 2. The van der Waals surface area contributed by atoms with Gasteiger partial charge < -0.3 is 24.6 Å². The Morgan fingerprint density at radius 3 is 2.70 bits per heavy atom. The molecule has 174 valence electrons. The summed E-state index contributed by atoms with van der Waals surface area (Å²) < 4.78 is 15.7. The molecule has 0 aromatic heterocycles. The molecule has 0 spiro atoms. The molecular formula is C24H27N3O6. The zero-order valence-corrected chi connectivity index (χ0v) is 18.8. The molecule has 0 saturated carbocycles. The minimum atomic E-state index is -0.814. The van der Waals surface area contributed by atoms with Crippen molar-refractivity contribution in [3.8, 4) is 23.0 Å². The zero-order valence-electron chi connectivity index (χ0n) is 18.8. The first-order valence-electron chi connectivity index (χ1n) is 10.4. The van der Waals surface area contributed by atoms with E-state index in [1.54, 1.807) is 36.4 Å². The van der Waals surface area contributed by atoms with Gasteiger partial charge in [-0.15, -0.1) is 6.58 Å². The van der Waals surface area contributed by atoms with Crippen LogP contribution in [-0.2, 0) is 11.2 Å². The molecule has 2 aromatic rings. The molecule has 0 aliphatic carbocycles. The number of hydrazone groups is 1. The first kappa shape index (κ1) is 23.6. The Morgan fingerprint density at radius 2 is 2.00 bits per heavy atom. The number of carbonyl (C=O) groups is 2. The molecule has 33 heavy (non-hydrogen) atoms. The SMILES string of the molecule is C=CCc1cc(/C=N/NC(=O)[C@@H](NC(=O)c2ccc3c(c2)OCO3)C(C)C)cc(OC)c1O. The van der Waals surface area contributed by atoms with Crippen molar-refractivity contribution in [1.82, 2.24) is 10.7 Å². The van der Waals surface area contributed by atoms with Crippen molar-refractivity contribution in [2.75, 3.05) is 13.9 Å². The van der Waals surface area contributed by atoms with Crippen LogP contribution >= 0.6 is 0 Å². The van der Waals surface area contributed by atoms with Gasteiger partial charge in [-0.25, -0.2) is 5.43 Å². The van der Waals surface area contributed by atoms with E-state index in [9.17, 15) is 14.7 Å². The third-order valence-corrected chi connectivity index (χ3v) is 5.02. The number of fused-ring (bicyclic) bond motifs is 1. The third-order valence-electron chi connectivity index (χ3n) is 5.02. The van der Waals surface area contributed by atoms with Gasteiger partial charge in [-0.05, 0) is 48.2 Å². The van der Waals surface area contributed by atoms with E-state index >= 15 is 0 Å². The lowest BCUT2D eigenvalue weighted by Crippen LogP contribution is -2.48. The van der Waals surface area contributed by atoms with Gasteiger partial charge in [0.1, 0.15) is 6.04 Å². The van der Waals surface area contributed by atoms with E-state index < -0.39 is 17.9 Å². The van der Waals surface area contributed by atoms with E-state index in [1.807, 2.05) is 13.8 Å². The summed E-state index contributed by atoms with van der Waals surface area (Å²) in [6.07, 6.45) is 3.54. The summed E-state index contributed by atoms with van der Waals surface area (Å²) in [7, 11) is 1.45. The fraction of sp³-hybridized carbons (Fsp3) is 0.292. The first-order chi connectivity index (χ1) is 15.8. The highest BCUT2D eigenvalue weighted by atomic mass is 16.7. The molecule has 1 aliphatic heterocycles. The lowest BCUT2D eigenvalue weighted by Gasteiger charge is -2.20. The van der Waals surface area contributed by atoms with Crippen molar-refractivity contribution in [2.45, 2.75) is 26.3 Å². The van der Waals surface area contributed by atoms with Gasteiger partial charge in [0.05, 0.1) is 13.3 Å². The van der Waals surface area contributed by atoms with Crippen LogP contribution in [0.15, 0.2) is 48.1 Å². The first-order valence-corrected chi connectivity index (χ1v) is 10.4. The Labute approximate surface area is 192 Å². The molecule has 9 nitrogen and oxygen atoms in total. The van der Waals surface area contributed by atoms with Crippen LogP contribution in [0.1, 0.15) is 35.3 Å². The van der Waals surface area contributed by atoms with Crippen LogP contribution in [0.5, 0.6) is 23.0 Å². The summed E-state index contributed by atoms with van der Waals surface area (Å²) in [5, 5.41) is 16.9. The van der Waals surface area contributed by atoms with Crippen LogP contribution in [0, 0.1) is 5.92 Å². The number of nitrogens with zero attached hydrogens (tertiary/aromatic N) is 1. The number of hydrogen-bond acceptors (Lipinski definition) is 7. The Bertz CT molecular complexity index is 1080. The van der Waals surface area contributed by atoms with E-state index in [0.717, 1.165) is 0 Å². The third kappa shape index (κ3) is 5.62. The quantitative estimate of drug-likeness (QED) is 0.305. The minimum Gasteiger partial charge on any atom is -0.504 e. The Balaban J connectivity index is 1.68. The van der Waals surface area contributed by atoms with Gasteiger partial charge in [0.25, 0.3) is 11.8 Å². The molecule has 2 amide bonds. The Morgan fingerprint density at radius 1 is 1.24 bits per heavy atom. The van der Waals surface area contributed by atoms with Crippen LogP contribution in [0.3, 0.4) is 0 Å². The molecule has 0 saturated heterocycles. The molecular weight excluding hydrogens is 426 g/mol. The molecule has 1 aliphatic rings. The van der Waals surface area contributed by atoms with Crippen molar-refractivity contribution in [3.63, 3.8) is 0 Å². The Kier molecular flexibility index (Phi) is 7.55. The number of phenols is 1. The molecule has 1 atom stereocenters. The number of benzene rings is 2. The fourth-order valence-electron chi connectivity index (χ4n) is 3.27. The monoisotopic (exact) mass is 453 g/mol. The molecule has 9 heteroatoms. The standard InChI is InChI=1S/C24H27N3O6/c1-5-6-16-9-15(10-20(31-4)22(16)28)12-25-27-24(30)21(14(2)3)26-23(29)17-7-8-18-19(11-17)33-13-32-18/h5,7-12,14,21,28H,1,6,13H2,2-4H3,(H,26,29)(H,27,30)/b25-12+/t21-/m0/s1. The number of allylic oxidation sites excluding steroid dienone is 1. The summed E-state index contributed by atoms with van der Waals surface area (Å²) in [6.45, 7) is 7.42. The smallest absolute Gasteiger partial charge is 0.262 e. The maximum Gasteiger partial charge on any atom is 0.262 e. The van der Waals surface area contributed by atoms with Crippen LogP contribution in [0.4, 0.5) is 0 Å². The number of rotatable bonds is 9. The number of ether oxygens (including phenoxy) is 3. The molecule has 3 rings (SSSR count). The number of methoxy groups -OCH3 is 1. The predicted molar refractivity (Wildman–Crippen MR) is 123 cm³/mol. The van der Waals surface area contributed by atoms with E-state index in [4.69, 9.17) is 14.2 Å². The number of phenolic OH excluding ortho intramolecular Hbond substituents is 1. The van der Waals surface area contributed by atoms with E-state index in [-0.39, 0.29) is 24.2 Å². The molecule has 3 N–H and O–H groups in total. The number of aromatic hydroxyl groups is 1. The normalized spacial score (nSPS) is 13.1. The maximum absolute atomic E-state index is 12.7. The van der Waals surface area contributed by atoms with Gasteiger partial charge in [-0.3, -0.25) is 9.59 Å². The van der Waals surface area contributed by atoms with Gasteiger partial charge in [-0.2, -0.15) is 5.10 Å². The van der Waals surface area contributed by atoms with Gasteiger partial charge in [0.15, 0.2) is 23.0 Å². The lowest BCUT2D eigenvalue weighted by molar-refractivity contribution is -0.123. The maximum atomic E-state index is 12.7. The summed E-state index contributed by atoms with van der Waals surface area (Å²) in [5.74, 6) is 0.309. The summed E-state index contributed by atoms with van der Waals surface area (Å²) in [4.78, 5) is 25.4. The highest BCUT2D eigenvalue weighted by Crippen LogP contribution is 2.33. The van der Waals surface area contributed by atoms with E-state index in [2.05, 4.69) is 22.4 Å². The second-order valence-corrected chi connectivity index (χ2v) is 7.72. The number of amides is 2. The summed E-state index contributed by atoms with van der Waals surface area (Å²) in [5.41, 5.74) is 4.05. The highest BCUT2D eigenvalue weighted by molar-refractivity contribution is 5.98. The second kappa shape index (κ2) is 10.5. The van der Waals surface area contributed by atoms with Crippen molar-refractivity contribution < 1.29 is 28.9 Å². The predicted octanol–water partition coefficient (Wildman–Crippen LogP) is 2.76. The Hall–Kier alpha value is -4.01. The zero-order chi connectivity index (χ0) is 24.0. The van der Waals surface area contributed by atoms with Crippen molar-refractivity contribution in [2.24, 2.45) is 11.0 Å². The number of hydrogen-bond donors (Lipinski definition) is 3. The van der Waals surface area contributed by atoms with Crippen molar-refractivity contribution in [1.29, 1.82) is 0 Å². The van der Waals surface area contributed by atoms with E-state index in [1.165, 1.54) is 13.3 Å². The summed E-state index contributed by atoms with van der Waals surface area (Å²) >= 11 is 0. The topological polar surface area (TPSA) is 118 Å². The summed E-state index contributed by atoms with van der Waals surface area (Å²) in [6, 6.07) is 7.33. The van der Waals surface area contributed by atoms with Gasteiger partial charge in [-0.1, -0.05) is 19.9 Å². The van der Waals surface area contributed by atoms with Gasteiger partial charge >= 0.3 is 0 Å². The average Bonchev–Trinajstić information content (AvgIpc) is 3.27. The molecule has 0 fully saturated rings. The van der Waals surface area contributed by atoms with Crippen molar-refractivity contribution >= 4 is 18.0 Å². The average molecular weight is 453 g/mol.